The lowest BCUT2D eigenvalue weighted by atomic mass is 9.72. The third kappa shape index (κ3) is 7.81. The molecule has 2 unspecified atom stereocenters. The lowest BCUT2D eigenvalue weighted by Gasteiger charge is -2.36. The lowest BCUT2D eigenvalue weighted by Crippen LogP contribution is -2.56. The molecule has 6 rings (SSSR count). The van der Waals surface area contributed by atoms with E-state index in [9.17, 15) is 67.4 Å². The lowest BCUT2D eigenvalue weighted by molar-refractivity contribution is -0.123. The maximum atomic E-state index is 14.2. The first-order valence-corrected chi connectivity index (χ1v) is 18.8. The molecule has 0 saturated carbocycles. The van der Waals surface area contributed by atoms with E-state index in [1.807, 2.05) is 0 Å². The third-order valence-electron chi connectivity index (χ3n) is 9.72. The Bertz CT molecular complexity index is 2170. The number of carboxylic acids is 1. The van der Waals surface area contributed by atoms with Gasteiger partial charge in [-0.05, 0) is 54.7 Å². The Hall–Kier alpha value is -5.47. The summed E-state index contributed by atoms with van der Waals surface area (Å²) in [5.41, 5.74) is -1.04. The highest BCUT2D eigenvalue weighted by Crippen LogP contribution is 2.39. The number of carbonyl (C=O) groups is 5. The van der Waals surface area contributed by atoms with Gasteiger partial charge in [0.2, 0.25) is 5.91 Å². The number of urea groups is 2. The Kier molecular flexibility index (Phi) is 11.2. The number of hydrogen-bond acceptors (Lipinski definition) is 10. The van der Waals surface area contributed by atoms with Crippen molar-refractivity contribution in [2.75, 3.05) is 26.2 Å². The Labute approximate surface area is 320 Å². The second-order valence-electron chi connectivity index (χ2n) is 13.1. The number of imide groups is 1. The van der Waals surface area contributed by atoms with E-state index >= 15 is 0 Å². The molecule has 0 spiro atoms. The normalized spacial score (nSPS) is 18.0. The molecule has 0 aromatic heterocycles. The van der Waals surface area contributed by atoms with Crippen LogP contribution in [0.25, 0.3) is 0 Å². The molecule has 3 aliphatic heterocycles. The van der Waals surface area contributed by atoms with E-state index in [1.165, 1.54) is 15.9 Å². The number of carbonyl (C=O) groups excluding carboxylic acids is 4. The molecule has 0 aliphatic carbocycles. The largest absolute Gasteiger partial charge is 0.547 e. The summed E-state index contributed by atoms with van der Waals surface area (Å²) in [7, 11) is -6.58. The van der Waals surface area contributed by atoms with Gasteiger partial charge in [0, 0.05) is 32.2 Å². The standard InChI is InChI=1S/C33H32BClF2N5O13P/c35-24-19(14-21(37)26(43)27(24)44)30(46)40-9-7-17(8-10-40)41-11-12-42(33(41)50)32(49)39-25(15-1-4-18(5-2-15)56(52,53)54)29(45)38-22-13-16-3-6-20(36)23(31(47)48)28(16)55-34(22)51/h1-6,14,17,22,25,43-44,51H,7-13H2,(H,38,45)(H,39,49)(H,47,48)(H2,52,53,54). The van der Waals surface area contributed by atoms with Crippen molar-refractivity contribution in [2.24, 2.45) is 0 Å². The smallest absolute Gasteiger partial charge is 0.534 e. The molecule has 296 valence electrons. The van der Waals surface area contributed by atoms with Crippen LogP contribution in [-0.2, 0) is 15.8 Å². The van der Waals surface area contributed by atoms with Gasteiger partial charge in [-0.25, -0.2) is 28.1 Å². The molecular formula is C33H32BClF2N5O13P. The van der Waals surface area contributed by atoms with Crippen molar-refractivity contribution < 1.29 is 72.1 Å². The van der Waals surface area contributed by atoms with Crippen LogP contribution in [0.15, 0.2) is 42.5 Å². The predicted octanol–water partition coefficient (Wildman–Crippen LogP) is 1.46. The molecule has 6 amide bonds. The number of amides is 6. The molecule has 2 fully saturated rings. The molecule has 3 heterocycles. The van der Waals surface area contributed by atoms with Gasteiger partial charge in [-0.2, -0.15) is 0 Å². The van der Waals surface area contributed by atoms with E-state index < -0.39 is 107 Å². The van der Waals surface area contributed by atoms with Gasteiger partial charge < -0.3 is 55.2 Å². The molecule has 3 aromatic carbocycles. The first-order chi connectivity index (χ1) is 26.4. The fourth-order valence-corrected chi connectivity index (χ4v) is 7.54. The Balaban J connectivity index is 1.15. The number of benzene rings is 3. The highest BCUT2D eigenvalue weighted by atomic mass is 35.5. The topological polar surface area (TPSA) is 267 Å². The van der Waals surface area contributed by atoms with Crippen LogP contribution < -0.4 is 20.6 Å². The third-order valence-corrected chi connectivity index (χ3v) is 11.1. The number of fused-ring (bicyclic) bond motifs is 1. The number of nitrogens with one attached hydrogen (secondary N) is 2. The minimum absolute atomic E-state index is 0.0115. The van der Waals surface area contributed by atoms with Crippen LogP contribution in [0.5, 0.6) is 17.2 Å². The van der Waals surface area contributed by atoms with Crippen molar-refractivity contribution in [1.29, 1.82) is 0 Å². The second kappa shape index (κ2) is 15.6. The Morgan fingerprint density at radius 1 is 0.964 bits per heavy atom. The minimum atomic E-state index is -4.71. The average molecular weight is 822 g/mol. The number of phenolic OH excluding ortho intramolecular Hbond substituents is 2. The van der Waals surface area contributed by atoms with E-state index in [0.717, 1.165) is 35.2 Å². The summed E-state index contributed by atoms with van der Waals surface area (Å²) >= 11 is 5.97. The summed E-state index contributed by atoms with van der Waals surface area (Å²) < 4.78 is 45.4. The predicted molar refractivity (Wildman–Crippen MR) is 189 cm³/mol. The number of nitrogens with zero attached hydrogens (tertiary/aromatic N) is 3. The number of hydrogen-bond donors (Lipinski definition) is 8. The van der Waals surface area contributed by atoms with Crippen LogP contribution in [0.2, 0.25) is 5.02 Å². The van der Waals surface area contributed by atoms with Crippen molar-refractivity contribution in [1.82, 2.24) is 25.3 Å². The van der Waals surface area contributed by atoms with Gasteiger partial charge in [0.15, 0.2) is 17.3 Å². The van der Waals surface area contributed by atoms with E-state index in [4.69, 9.17) is 16.3 Å². The minimum Gasteiger partial charge on any atom is -0.534 e. The molecule has 0 bridgehead atoms. The van der Waals surface area contributed by atoms with Crippen LogP contribution in [0, 0.1) is 11.6 Å². The zero-order valence-corrected chi connectivity index (χ0v) is 30.4. The number of piperidine rings is 1. The van der Waals surface area contributed by atoms with Gasteiger partial charge in [0.1, 0.15) is 23.2 Å². The van der Waals surface area contributed by atoms with E-state index in [-0.39, 0.29) is 62.1 Å². The van der Waals surface area contributed by atoms with Crippen molar-refractivity contribution >= 4 is 61.5 Å². The van der Waals surface area contributed by atoms with Crippen LogP contribution in [0.3, 0.4) is 0 Å². The second-order valence-corrected chi connectivity index (χ2v) is 15.1. The maximum Gasteiger partial charge on any atom is 0.547 e. The quantitative estimate of drug-likeness (QED) is 0.0910. The fourth-order valence-electron chi connectivity index (χ4n) is 6.78. The SMILES string of the molecule is O=C(O)c1c(F)ccc2c1OB(O)C(NC(=O)C(NC(=O)N1CCN(C3CCN(C(=O)c4cc(F)c(O)c(O)c4Cl)CC3)C1=O)c1ccc(P(=O)(O)O)cc1)C2. The number of phenols is 2. The van der Waals surface area contributed by atoms with Gasteiger partial charge in [-0.3, -0.25) is 14.2 Å². The van der Waals surface area contributed by atoms with Crippen molar-refractivity contribution in [3.05, 3.63) is 81.4 Å². The van der Waals surface area contributed by atoms with Gasteiger partial charge >= 0.3 is 32.7 Å². The summed E-state index contributed by atoms with van der Waals surface area (Å²) in [5, 5.41) is 43.6. The summed E-state index contributed by atoms with van der Waals surface area (Å²) in [5.74, 6) is -9.47. The molecule has 56 heavy (non-hydrogen) atoms. The maximum absolute atomic E-state index is 14.2. The van der Waals surface area contributed by atoms with Gasteiger partial charge in [0.05, 0.1) is 21.8 Å². The van der Waals surface area contributed by atoms with Gasteiger partial charge in [0.25, 0.3) is 5.91 Å². The monoisotopic (exact) mass is 821 g/mol. The molecule has 3 aromatic rings. The van der Waals surface area contributed by atoms with Gasteiger partial charge in [-0.15, -0.1) is 0 Å². The van der Waals surface area contributed by atoms with Crippen molar-refractivity contribution in [3.63, 3.8) is 0 Å². The highest BCUT2D eigenvalue weighted by Gasteiger charge is 2.43. The van der Waals surface area contributed by atoms with Crippen molar-refractivity contribution in [2.45, 2.75) is 37.3 Å². The number of aromatic hydroxyl groups is 2. The highest BCUT2D eigenvalue weighted by molar-refractivity contribution is 7.60. The van der Waals surface area contributed by atoms with Crippen LogP contribution >= 0.6 is 19.2 Å². The van der Waals surface area contributed by atoms with Crippen molar-refractivity contribution in [3.8, 4) is 17.2 Å². The van der Waals surface area contributed by atoms with Crippen LogP contribution in [0.1, 0.15) is 50.7 Å². The first-order valence-electron chi connectivity index (χ1n) is 16.8. The van der Waals surface area contributed by atoms with E-state index in [0.29, 0.717) is 6.07 Å². The van der Waals surface area contributed by atoms with Crippen LogP contribution in [0.4, 0.5) is 18.4 Å². The molecule has 2 saturated heterocycles. The summed E-state index contributed by atoms with van der Waals surface area (Å²) in [6.45, 7) is 0.121. The number of likely N-dealkylation sites (tertiary alicyclic amines) is 1. The van der Waals surface area contributed by atoms with Gasteiger partial charge in [-0.1, -0.05) is 29.8 Å². The first kappa shape index (κ1) is 40.2. The molecule has 23 heteroatoms. The molecule has 2 atom stereocenters. The number of rotatable bonds is 8. The number of halogens is 3. The van der Waals surface area contributed by atoms with Crippen LogP contribution in [-0.4, -0.2) is 120 Å². The number of aromatic carboxylic acids is 1. The molecule has 0 radical (unpaired) electrons. The molecule has 8 N–H and O–H groups in total. The van der Waals surface area contributed by atoms with E-state index in [1.54, 1.807) is 0 Å². The molecule has 18 nitrogen and oxygen atoms in total. The summed E-state index contributed by atoms with van der Waals surface area (Å²) in [4.78, 5) is 88.4. The summed E-state index contributed by atoms with van der Waals surface area (Å²) in [6.07, 6.45) is 0.249. The van der Waals surface area contributed by atoms with E-state index in [2.05, 4.69) is 10.6 Å². The molecular weight excluding hydrogens is 790 g/mol. The number of carboxylic acid groups (broad SMARTS) is 1. The Morgan fingerprint density at radius 3 is 2.25 bits per heavy atom. The zero-order valence-electron chi connectivity index (χ0n) is 28.8. The molecule has 3 aliphatic rings. The Morgan fingerprint density at radius 2 is 1.62 bits per heavy atom. The zero-order chi connectivity index (χ0) is 40.8. The average Bonchev–Trinajstić information content (AvgIpc) is 3.55. The fraction of sp³-hybridized carbons (Fsp3) is 0.303. The summed E-state index contributed by atoms with van der Waals surface area (Å²) in [6, 6.07) is 3.37.